The summed E-state index contributed by atoms with van der Waals surface area (Å²) >= 11 is 0. The second-order valence-electron chi connectivity index (χ2n) is 6.33. The number of rotatable bonds is 3. The quantitative estimate of drug-likeness (QED) is 0.633. The molecule has 0 radical (unpaired) electrons. The number of carbonyl (C=O) groups excluding carboxylic acids is 1. The summed E-state index contributed by atoms with van der Waals surface area (Å²) in [5.41, 5.74) is 0.219. The van der Waals surface area contributed by atoms with Gasteiger partial charge in [0.05, 0.1) is 18.0 Å². The number of nitro groups is 1. The third-order valence-corrected chi connectivity index (χ3v) is 3.16. The molecule has 0 unspecified atom stereocenters. The highest BCUT2D eigenvalue weighted by molar-refractivity contribution is 5.69. The van der Waals surface area contributed by atoms with Crippen LogP contribution >= 0.6 is 0 Å². The monoisotopic (exact) mass is 308 g/mol. The molecule has 22 heavy (non-hydrogen) atoms. The van der Waals surface area contributed by atoms with Crippen LogP contribution in [0.25, 0.3) is 0 Å². The van der Waals surface area contributed by atoms with Crippen LogP contribution < -0.4 is 4.74 Å². The molecule has 0 bridgehead atoms. The number of nitro benzene ring substituents is 1. The zero-order valence-corrected chi connectivity index (χ0v) is 13.2. The van der Waals surface area contributed by atoms with Crippen LogP contribution in [-0.4, -0.2) is 40.7 Å². The number of likely N-dealkylation sites (tertiary alicyclic amines) is 1. The summed E-state index contributed by atoms with van der Waals surface area (Å²) in [4.78, 5) is 23.6. The molecule has 1 aromatic rings. The molecule has 0 aliphatic carbocycles. The van der Waals surface area contributed by atoms with E-state index in [2.05, 4.69) is 0 Å². The fourth-order valence-corrected chi connectivity index (χ4v) is 2.05. The predicted octanol–water partition coefficient (Wildman–Crippen LogP) is 2.90. The summed E-state index contributed by atoms with van der Waals surface area (Å²) in [6, 6.07) is 4.47. The minimum atomic E-state index is -0.516. The van der Waals surface area contributed by atoms with Crippen LogP contribution in [0.5, 0.6) is 5.75 Å². The van der Waals surface area contributed by atoms with Crippen LogP contribution in [0.2, 0.25) is 0 Å². The van der Waals surface area contributed by atoms with Crippen LogP contribution in [0.1, 0.15) is 26.3 Å². The van der Waals surface area contributed by atoms with E-state index < -0.39 is 10.5 Å². The highest BCUT2D eigenvalue weighted by atomic mass is 16.6. The second kappa shape index (κ2) is 5.82. The van der Waals surface area contributed by atoms with E-state index in [0.717, 1.165) is 0 Å². The van der Waals surface area contributed by atoms with Crippen molar-refractivity contribution >= 4 is 11.8 Å². The SMILES string of the molecule is Cc1cc([N+](=O)[O-])ccc1OC1CN(C(=O)OC(C)(C)C)C1. The lowest BCUT2D eigenvalue weighted by atomic mass is 10.1. The van der Waals surface area contributed by atoms with Crippen molar-refractivity contribution in [2.75, 3.05) is 13.1 Å². The van der Waals surface area contributed by atoms with E-state index in [1.807, 2.05) is 20.8 Å². The smallest absolute Gasteiger partial charge is 0.410 e. The van der Waals surface area contributed by atoms with Gasteiger partial charge in [-0.2, -0.15) is 0 Å². The summed E-state index contributed by atoms with van der Waals surface area (Å²) in [5, 5.41) is 10.7. The van der Waals surface area contributed by atoms with E-state index in [9.17, 15) is 14.9 Å². The first kappa shape index (κ1) is 16.1. The van der Waals surface area contributed by atoms with Gasteiger partial charge in [0.25, 0.3) is 5.69 Å². The normalized spacial score (nSPS) is 15.2. The molecule has 120 valence electrons. The van der Waals surface area contributed by atoms with Gasteiger partial charge in [0.1, 0.15) is 17.5 Å². The van der Waals surface area contributed by atoms with E-state index in [0.29, 0.717) is 24.4 Å². The summed E-state index contributed by atoms with van der Waals surface area (Å²) in [6.45, 7) is 8.11. The predicted molar refractivity (Wildman–Crippen MR) is 80.1 cm³/mol. The third kappa shape index (κ3) is 3.87. The molecule has 1 fully saturated rings. The topological polar surface area (TPSA) is 81.9 Å². The zero-order valence-electron chi connectivity index (χ0n) is 13.2. The molecule has 1 saturated heterocycles. The number of hydrogen-bond acceptors (Lipinski definition) is 5. The van der Waals surface area contributed by atoms with E-state index in [1.165, 1.54) is 12.1 Å². The van der Waals surface area contributed by atoms with E-state index in [-0.39, 0.29) is 17.9 Å². The van der Waals surface area contributed by atoms with E-state index >= 15 is 0 Å². The van der Waals surface area contributed by atoms with Crippen LogP contribution in [0.3, 0.4) is 0 Å². The van der Waals surface area contributed by atoms with Crippen LogP contribution in [0, 0.1) is 17.0 Å². The number of ether oxygens (including phenoxy) is 2. The van der Waals surface area contributed by atoms with Crippen LogP contribution in [0.15, 0.2) is 18.2 Å². The Morgan fingerprint density at radius 3 is 2.50 bits per heavy atom. The first-order chi connectivity index (χ1) is 10.2. The van der Waals surface area contributed by atoms with Gasteiger partial charge in [-0.1, -0.05) is 0 Å². The summed E-state index contributed by atoms with van der Waals surface area (Å²) < 4.78 is 11.0. The lowest BCUT2D eigenvalue weighted by Crippen LogP contribution is -2.57. The number of non-ortho nitro benzene ring substituents is 1. The molecule has 1 heterocycles. The van der Waals surface area contributed by atoms with Crippen molar-refractivity contribution in [3.05, 3.63) is 33.9 Å². The number of hydrogen-bond donors (Lipinski definition) is 0. The Morgan fingerprint density at radius 1 is 1.36 bits per heavy atom. The number of benzene rings is 1. The minimum absolute atomic E-state index is 0.0360. The average Bonchev–Trinajstić information content (AvgIpc) is 2.31. The zero-order chi connectivity index (χ0) is 16.5. The second-order valence-corrected chi connectivity index (χ2v) is 6.33. The van der Waals surface area contributed by atoms with Crippen LogP contribution in [0.4, 0.5) is 10.5 Å². The van der Waals surface area contributed by atoms with Crippen molar-refractivity contribution in [1.29, 1.82) is 0 Å². The molecule has 7 heteroatoms. The fraction of sp³-hybridized carbons (Fsp3) is 0.533. The Kier molecular flexibility index (Phi) is 4.25. The lowest BCUT2D eigenvalue weighted by Gasteiger charge is -2.39. The standard InChI is InChI=1S/C15H20N2O5/c1-10-7-11(17(19)20)5-6-13(10)21-12-8-16(9-12)14(18)22-15(2,3)4/h5-7,12H,8-9H2,1-4H3. The average molecular weight is 308 g/mol. The van der Waals surface area contributed by atoms with Gasteiger partial charge in [0, 0.05) is 12.1 Å². The van der Waals surface area contributed by atoms with Gasteiger partial charge >= 0.3 is 6.09 Å². The van der Waals surface area contributed by atoms with E-state index in [1.54, 1.807) is 17.9 Å². The molecule has 1 aromatic carbocycles. The van der Waals surface area contributed by atoms with Crippen molar-refractivity contribution < 1.29 is 19.2 Å². The number of nitrogens with zero attached hydrogens (tertiary/aromatic N) is 2. The molecule has 2 rings (SSSR count). The molecule has 1 aliphatic heterocycles. The highest BCUT2D eigenvalue weighted by Crippen LogP contribution is 2.26. The number of aryl methyl sites for hydroxylation is 1. The molecule has 7 nitrogen and oxygen atoms in total. The summed E-state index contributed by atoms with van der Waals surface area (Å²) in [7, 11) is 0. The first-order valence-corrected chi connectivity index (χ1v) is 7.05. The Morgan fingerprint density at radius 2 is 2.00 bits per heavy atom. The van der Waals surface area contributed by atoms with Gasteiger partial charge in [-0.15, -0.1) is 0 Å². The molecule has 0 aromatic heterocycles. The Bertz CT molecular complexity index is 588. The summed E-state index contributed by atoms with van der Waals surface area (Å²) in [5.74, 6) is 0.597. The largest absolute Gasteiger partial charge is 0.486 e. The van der Waals surface area contributed by atoms with Gasteiger partial charge in [-0.3, -0.25) is 10.1 Å². The van der Waals surface area contributed by atoms with Crippen molar-refractivity contribution in [3.63, 3.8) is 0 Å². The van der Waals surface area contributed by atoms with Gasteiger partial charge in [0.2, 0.25) is 0 Å². The van der Waals surface area contributed by atoms with Crippen molar-refractivity contribution in [3.8, 4) is 5.75 Å². The Hall–Kier alpha value is -2.31. The molecule has 1 amide bonds. The van der Waals surface area contributed by atoms with Gasteiger partial charge in [-0.05, 0) is 39.3 Å². The van der Waals surface area contributed by atoms with Crippen LogP contribution in [-0.2, 0) is 4.74 Å². The third-order valence-electron chi connectivity index (χ3n) is 3.16. The molecular formula is C15H20N2O5. The lowest BCUT2D eigenvalue weighted by molar-refractivity contribution is -0.384. The fourth-order valence-electron chi connectivity index (χ4n) is 2.05. The Labute approximate surface area is 129 Å². The molecule has 0 atom stereocenters. The number of carbonyl (C=O) groups is 1. The summed E-state index contributed by atoms with van der Waals surface area (Å²) in [6.07, 6.45) is -0.472. The minimum Gasteiger partial charge on any atom is -0.486 e. The molecule has 0 spiro atoms. The molecule has 0 saturated carbocycles. The molecule has 1 aliphatic rings. The van der Waals surface area contributed by atoms with E-state index in [4.69, 9.17) is 9.47 Å². The van der Waals surface area contributed by atoms with Crippen molar-refractivity contribution in [2.24, 2.45) is 0 Å². The maximum atomic E-state index is 11.8. The first-order valence-electron chi connectivity index (χ1n) is 7.05. The van der Waals surface area contributed by atoms with Gasteiger partial charge < -0.3 is 14.4 Å². The number of amides is 1. The maximum Gasteiger partial charge on any atom is 0.410 e. The van der Waals surface area contributed by atoms with Crippen molar-refractivity contribution in [2.45, 2.75) is 39.4 Å². The molecular weight excluding hydrogens is 288 g/mol. The van der Waals surface area contributed by atoms with Crippen molar-refractivity contribution in [1.82, 2.24) is 4.90 Å². The molecule has 0 N–H and O–H groups in total. The highest BCUT2D eigenvalue weighted by Gasteiger charge is 2.35. The maximum absolute atomic E-state index is 11.8. The van der Waals surface area contributed by atoms with Gasteiger partial charge in [-0.25, -0.2) is 4.79 Å². The van der Waals surface area contributed by atoms with Gasteiger partial charge in [0.15, 0.2) is 0 Å². The Balaban J connectivity index is 1.88.